The van der Waals surface area contributed by atoms with Crippen molar-refractivity contribution in [2.24, 2.45) is 0 Å². The van der Waals surface area contributed by atoms with E-state index in [2.05, 4.69) is 33.4 Å². The minimum absolute atomic E-state index is 1.06. The minimum Gasteiger partial charge on any atom is -0.367 e. The van der Waals surface area contributed by atoms with Crippen molar-refractivity contribution >= 4 is 6.08 Å². The molecule has 82 valence electrons. The summed E-state index contributed by atoms with van der Waals surface area (Å²) in [6, 6.07) is 2.08. The molecule has 0 amide bonds. The molecule has 3 heteroatoms. The van der Waals surface area contributed by atoms with Gasteiger partial charge in [0.15, 0.2) is 0 Å². The van der Waals surface area contributed by atoms with Gasteiger partial charge in [-0.1, -0.05) is 12.2 Å². The van der Waals surface area contributed by atoms with Gasteiger partial charge in [-0.2, -0.15) is 0 Å². The highest BCUT2D eigenvalue weighted by Crippen LogP contribution is 2.01. The van der Waals surface area contributed by atoms with Gasteiger partial charge in [-0.15, -0.1) is 0 Å². The van der Waals surface area contributed by atoms with Crippen molar-refractivity contribution in [3.05, 3.63) is 30.1 Å². The van der Waals surface area contributed by atoms with Crippen LogP contribution in [0.4, 0.5) is 0 Å². The van der Waals surface area contributed by atoms with Gasteiger partial charge in [0, 0.05) is 32.0 Å². The number of aromatic amines is 1. The first-order valence-corrected chi connectivity index (χ1v) is 5.67. The fourth-order valence-electron chi connectivity index (χ4n) is 1.86. The van der Waals surface area contributed by atoms with Crippen molar-refractivity contribution in [1.29, 1.82) is 0 Å². The summed E-state index contributed by atoms with van der Waals surface area (Å²) in [5.41, 5.74) is 1.25. The Labute approximate surface area is 91.2 Å². The van der Waals surface area contributed by atoms with Crippen LogP contribution in [0.5, 0.6) is 0 Å². The van der Waals surface area contributed by atoms with Gasteiger partial charge in [-0.3, -0.25) is 4.90 Å². The van der Waals surface area contributed by atoms with Crippen molar-refractivity contribution in [2.75, 3.05) is 32.7 Å². The van der Waals surface area contributed by atoms with Crippen LogP contribution < -0.4 is 5.32 Å². The van der Waals surface area contributed by atoms with Crippen molar-refractivity contribution in [1.82, 2.24) is 15.2 Å². The second-order valence-corrected chi connectivity index (χ2v) is 3.95. The maximum atomic E-state index is 3.41. The van der Waals surface area contributed by atoms with Crippen LogP contribution in [-0.2, 0) is 0 Å². The zero-order chi connectivity index (χ0) is 10.3. The number of hydrogen-bond donors (Lipinski definition) is 2. The second-order valence-electron chi connectivity index (χ2n) is 3.95. The molecule has 0 saturated carbocycles. The molecule has 1 fully saturated rings. The van der Waals surface area contributed by atoms with Crippen LogP contribution in [0.2, 0.25) is 0 Å². The molecule has 0 atom stereocenters. The van der Waals surface area contributed by atoms with Crippen molar-refractivity contribution in [3.63, 3.8) is 0 Å². The lowest BCUT2D eigenvalue weighted by Gasteiger charge is -2.16. The molecular formula is C12H19N3. The van der Waals surface area contributed by atoms with Gasteiger partial charge < -0.3 is 10.3 Å². The fourth-order valence-corrected chi connectivity index (χ4v) is 1.86. The maximum absolute atomic E-state index is 3.41. The van der Waals surface area contributed by atoms with Gasteiger partial charge in [-0.05, 0) is 31.1 Å². The normalized spacial score (nSPS) is 19.5. The topological polar surface area (TPSA) is 31.1 Å². The van der Waals surface area contributed by atoms with Crippen molar-refractivity contribution in [3.8, 4) is 0 Å². The summed E-state index contributed by atoms with van der Waals surface area (Å²) in [6.45, 7) is 5.73. The highest BCUT2D eigenvalue weighted by molar-refractivity contribution is 5.47. The van der Waals surface area contributed by atoms with E-state index >= 15 is 0 Å². The average molecular weight is 205 g/mol. The predicted molar refractivity (Wildman–Crippen MR) is 63.8 cm³/mol. The van der Waals surface area contributed by atoms with Gasteiger partial charge in [0.2, 0.25) is 0 Å². The molecule has 0 spiro atoms. The number of hydrogen-bond acceptors (Lipinski definition) is 2. The lowest BCUT2D eigenvalue weighted by atomic mass is 10.3. The third-order valence-electron chi connectivity index (χ3n) is 2.73. The highest BCUT2D eigenvalue weighted by atomic mass is 15.1. The lowest BCUT2D eigenvalue weighted by Crippen LogP contribution is -2.28. The number of H-pyrrole nitrogens is 1. The molecule has 2 rings (SSSR count). The quantitative estimate of drug-likeness (QED) is 0.780. The Kier molecular flexibility index (Phi) is 4.00. The summed E-state index contributed by atoms with van der Waals surface area (Å²) in [5, 5.41) is 3.41. The molecule has 2 heterocycles. The Morgan fingerprint density at radius 3 is 3.20 bits per heavy atom. The SMILES string of the molecule is C(=C\c1cc[nH]c1)/CN1CCCNCC1. The van der Waals surface area contributed by atoms with Gasteiger partial charge in [0.05, 0.1) is 0 Å². The summed E-state index contributed by atoms with van der Waals surface area (Å²) in [4.78, 5) is 5.54. The molecule has 1 aliphatic rings. The molecule has 15 heavy (non-hydrogen) atoms. The summed E-state index contributed by atoms with van der Waals surface area (Å²) in [7, 11) is 0. The Hall–Kier alpha value is -1.06. The fraction of sp³-hybridized carbons (Fsp3) is 0.500. The Balaban J connectivity index is 1.76. The predicted octanol–water partition coefficient (Wildman–Crippen LogP) is 1.32. The van der Waals surface area contributed by atoms with E-state index in [1.807, 2.05) is 12.4 Å². The third kappa shape index (κ3) is 3.53. The highest BCUT2D eigenvalue weighted by Gasteiger charge is 2.05. The number of rotatable bonds is 3. The van der Waals surface area contributed by atoms with E-state index in [0.29, 0.717) is 0 Å². The van der Waals surface area contributed by atoms with E-state index in [1.165, 1.54) is 18.5 Å². The number of aromatic nitrogens is 1. The van der Waals surface area contributed by atoms with Crippen LogP contribution in [0, 0.1) is 0 Å². The Morgan fingerprint density at radius 1 is 1.33 bits per heavy atom. The first-order valence-electron chi connectivity index (χ1n) is 5.67. The molecule has 1 aromatic rings. The molecule has 0 radical (unpaired) electrons. The molecule has 0 aromatic carbocycles. The van der Waals surface area contributed by atoms with Crippen LogP contribution in [0.1, 0.15) is 12.0 Å². The van der Waals surface area contributed by atoms with Crippen molar-refractivity contribution < 1.29 is 0 Å². The molecule has 2 N–H and O–H groups in total. The third-order valence-corrected chi connectivity index (χ3v) is 2.73. The molecule has 0 unspecified atom stereocenters. The number of nitrogens with one attached hydrogen (secondary N) is 2. The van der Waals surface area contributed by atoms with Crippen LogP contribution in [-0.4, -0.2) is 42.6 Å². The monoisotopic (exact) mass is 205 g/mol. The van der Waals surface area contributed by atoms with E-state index in [4.69, 9.17) is 0 Å². The summed E-state index contributed by atoms with van der Waals surface area (Å²) < 4.78 is 0. The molecule has 1 saturated heterocycles. The van der Waals surface area contributed by atoms with Crippen molar-refractivity contribution in [2.45, 2.75) is 6.42 Å². The molecule has 0 bridgehead atoms. The molecular weight excluding hydrogens is 186 g/mol. The zero-order valence-electron chi connectivity index (χ0n) is 9.08. The standard InChI is InChI=1S/C12H19N3/c1(3-12-4-6-14-11-12)8-15-9-2-5-13-7-10-15/h1,3-4,6,11,13-14H,2,5,7-10H2/b3-1+. The zero-order valence-corrected chi connectivity index (χ0v) is 9.08. The molecule has 3 nitrogen and oxygen atoms in total. The van der Waals surface area contributed by atoms with Gasteiger partial charge in [0.1, 0.15) is 0 Å². The van der Waals surface area contributed by atoms with Gasteiger partial charge >= 0.3 is 0 Å². The van der Waals surface area contributed by atoms with Crippen LogP contribution >= 0.6 is 0 Å². The van der Waals surface area contributed by atoms with E-state index in [1.54, 1.807) is 0 Å². The van der Waals surface area contributed by atoms with E-state index in [0.717, 1.165) is 26.2 Å². The molecule has 1 aliphatic heterocycles. The Bertz CT molecular complexity index is 282. The van der Waals surface area contributed by atoms with Gasteiger partial charge in [-0.25, -0.2) is 0 Å². The summed E-state index contributed by atoms with van der Waals surface area (Å²) in [6.07, 6.45) is 9.65. The minimum atomic E-state index is 1.06. The first kappa shape index (κ1) is 10.5. The van der Waals surface area contributed by atoms with E-state index in [9.17, 15) is 0 Å². The van der Waals surface area contributed by atoms with Gasteiger partial charge in [0.25, 0.3) is 0 Å². The maximum Gasteiger partial charge on any atom is 0.0167 e. The van der Waals surface area contributed by atoms with Crippen LogP contribution in [0.15, 0.2) is 24.5 Å². The summed E-state index contributed by atoms with van der Waals surface area (Å²) in [5.74, 6) is 0. The average Bonchev–Trinajstić information content (AvgIpc) is 2.62. The summed E-state index contributed by atoms with van der Waals surface area (Å²) >= 11 is 0. The first-order chi connectivity index (χ1) is 7.45. The molecule has 0 aliphatic carbocycles. The van der Waals surface area contributed by atoms with Crippen LogP contribution in [0.25, 0.3) is 6.08 Å². The van der Waals surface area contributed by atoms with Crippen LogP contribution in [0.3, 0.4) is 0 Å². The largest absolute Gasteiger partial charge is 0.367 e. The number of nitrogens with zero attached hydrogens (tertiary/aromatic N) is 1. The van der Waals surface area contributed by atoms with E-state index in [-0.39, 0.29) is 0 Å². The lowest BCUT2D eigenvalue weighted by molar-refractivity contribution is 0.324. The van der Waals surface area contributed by atoms with E-state index < -0.39 is 0 Å². The molecule has 1 aromatic heterocycles. The second kappa shape index (κ2) is 5.73. The smallest absolute Gasteiger partial charge is 0.0167 e. The Morgan fingerprint density at radius 2 is 2.33 bits per heavy atom.